The Morgan fingerprint density at radius 2 is 1.76 bits per heavy atom. The molecule has 148 valence electrons. The maximum Gasteiger partial charge on any atom is 0.224 e. The topological polar surface area (TPSA) is 55.4 Å². The van der Waals surface area contributed by atoms with Gasteiger partial charge < -0.3 is 10.1 Å². The van der Waals surface area contributed by atoms with Gasteiger partial charge in [-0.05, 0) is 49.2 Å². The van der Waals surface area contributed by atoms with Gasteiger partial charge in [0.15, 0.2) is 5.78 Å². The first-order valence-electron chi connectivity index (χ1n) is 9.41. The Bertz CT molecular complexity index is 1000. The minimum Gasteiger partial charge on any atom is -0.494 e. The van der Waals surface area contributed by atoms with Gasteiger partial charge in [0.1, 0.15) is 5.75 Å². The van der Waals surface area contributed by atoms with Gasteiger partial charge in [-0.25, -0.2) is 0 Å². The number of carbonyl (C=O) groups excluding carboxylic acids is 2. The van der Waals surface area contributed by atoms with Crippen molar-refractivity contribution in [3.8, 4) is 5.75 Å². The van der Waals surface area contributed by atoms with Crippen molar-refractivity contribution >= 4 is 29.0 Å². The Morgan fingerprint density at radius 1 is 0.966 bits per heavy atom. The van der Waals surface area contributed by atoms with Crippen LogP contribution in [0.15, 0.2) is 72.8 Å². The summed E-state index contributed by atoms with van der Waals surface area (Å²) in [4.78, 5) is 25.2. The monoisotopic (exact) mass is 407 g/mol. The third kappa shape index (κ3) is 5.93. The fourth-order valence-corrected chi connectivity index (χ4v) is 3.07. The summed E-state index contributed by atoms with van der Waals surface area (Å²) >= 11 is 6.08. The number of hydrogen-bond donors (Lipinski definition) is 1. The van der Waals surface area contributed by atoms with Gasteiger partial charge in [-0.15, -0.1) is 0 Å². The number of anilines is 1. The number of rotatable bonds is 8. The van der Waals surface area contributed by atoms with E-state index in [0.717, 1.165) is 11.3 Å². The van der Waals surface area contributed by atoms with Crippen LogP contribution in [0.1, 0.15) is 34.3 Å². The summed E-state index contributed by atoms with van der Waals surface area (Å²) in [6.07, 6.45) is 0.850. The Kier molecular flexibility index (Phi) is 7.04. The normalized spacial score (nSPS) is 10.4. The van der Waals surface area contributed by atoms with Crippen molar-refractivity contribution in [1.29, 1.82) is 0 Å². The van der Waals surface area contributed by atoms with Crippen LogP contribution in [0.4, 0.5) is 5.69 Å². The second-order valence-corrected chi connectivity index (χ2v) is 7.14. The molecule has 0 atom stereocenters. The molecule has 0 radical (unpaired) electrons. The molecule has 0 aliphatic carbocycles. The predicted octanol–water partition coefficient (Wildman–Crippen LogP) is 5.68. The quantitative estimate of drug-likeness (QED) is 0.386. The fourth-order valence-electron chi connectivity index (χ4n) is 2.90. The zero-order valence-corrected chi connectivity index (χ0v) is 16.9. The lowest BCUT2D eigenvalue weighted by atomic mass is 10.0. The molecule has 29 heavy (non-hydrogen) atoms. The fraction of sp³-hybridized carbons (Fsp3) is 0.167. The molecule has 0 bridgehead atoms. The molecule has 0 unspecified atom stereocenters. The molecule has 0 aliphatic rings. The molecule has 1 amide bonds. The van der Waals surface area contributed by atoms with Crippen LogP contribution >= 0.6 is 11.6 Å². The number of benzene rings is 3. The molecule has 0 aliphatic heterocycles. The zero-order chi connectivity index (χ0) is 20.6. The number of ketones is 1. The van der Waals surface area contributed by atoms with Crippen LogP contribution in [0.3, 0.4) is 0 Å². The smallest absolute Gasteiger partial charge is 0.224 e. The van der Waals surface area contributed by atoms with E-state index in [-0.39, 0.29) is 18.1 Å². The van der Waals surface area contributed by atoms with Gasteiger partial charge in [0, 0.05) is 22.6 Å². The number of ether oxygens (including phenoxy) is 1. The Balaban J connectivity index is 1.59. The van der Waals surface area contributed by atoms with Gasteiger partial charge in [0.05, 0.1) is 12.3 Å². The van der Waals surface area contributed by atoms with Crippen LogP contribution in [-0.4, -0.2) is 18.3 Å². The van der Waals surface area contributed by atoms with E-state index in [0.29, 0.717) is 34.9 Å². The summed E-state index contributed by atoms with van der Waals surface area (Å²) < 4.78 is 5.67. The van der Waals surface area contributed by atoms with Gasteiger partial charge >= 0.3 is 0 Å². The molecular formula is C24H22ClNO3. The van der Waals surface area contributed by atoms with E-state index >= 15 is 0 Å². The first-order chi connectivity index (χ1) is 14.0. The average molecular weight is 408 g/mol. The molecule has 0 heterocycles. The first kappa shape index (κ1) is 20.6. The molecule has 0 saturated heterocycles. The molecule has 0 aromatic heterocycles. The summed E-state index contributed by atoms with van der Waals surface area (Å²) in [5, 5.41) is 3.26. The van der Waals surface area contributed by atoms with Crippen LogP contribution in [-0.2, 0) is 4.79 Å². The van der Waals surface area contributed by atoms with Crippen molar-refractivity contribution in [2.75, 3.05) is 11.9 Å². The highest BCUT2D eigenvalue weighted by Gasteiger charge is 2.16. The van der Waals surface area contributed by atoms with E-state index in [4.69, 9.17) is 16.3 Å². The average Bonchev–Trinajstić information content (AvgIpc) is 2.73. The molecule has 3 rings (SSSR count). The van der Waals surface area contributed by atoms with Crippen LogP contribution in [0.5, 0.6) is 5.75 Å². The van der Waals surface area contributed by atoms with E-state index in [2.05, 4.69) is 5.32 Å². The zero-order valence-electron chi connectivity index (χ0n) is 16.2. The van der Waals surface area contributed by atoms with Crippen molar-refractivity contribution in [2.45, 2.75) is 19.8 Å². The SMILES string of the molecule is Cc1cccc(OCCCC(=O)Nc2ccc(Cl)cc2C(=O)c2ccccc2)c1. The minimum atomic E-state index is -0.189. The molecule has 1 N–H and O–H groups in total. The van der Waals surface area contributed by atoms with E-state index in [1.807, 2.05) is 37.3 Å². The van der Waals surface area contributed by atoms with Crippen molar-refractivity contribution in [1.82, 2.24) is 0 Å². The van der Waals surface area contributed by atoms with Crippen LogP contribution in [0.25, 0.3) is 0 Å². The molecule has 4 nitrogen and oxygen atoms in total. The predicted molar refractivity (Wildman–Crippen MR) is 116 cm³/mol. The van der Waals surface area contributed by atoms with Gasteiger partial charge in [-0.3, -0.25) is 9.59 Å². The maximum atomic E-state index is 12.8. The summed E-state index contributed by atoms with van der Waals surface area (Å²) in [6.45, 7) is 2.44. The molecule has 0 spiro atoms. The second-order valence-electron chi connectivity index (χ2n) is 6.70. The third-order valence-electron chi connectivity index (χ3n) is 4.34. The van der Waals surface area contributed by atoms with E-state index < -0.39 is 0 Å². The Labute approximate surface area is 175 Å². The molecule has 3 aromatic rings. The van der Waals surface area contributed by atoms with Crippen molar-refractivity contribution in [2.24, 2.45) is 0 Å². The highest BCUT2D eigenvalue weighted by atomic mass is 35.5. The molecule has 5 heteroatoms. The molecule has 0 saturated carbocycles. The van der Waals surface area contributed by atoms with Crippen LogP contribution in [0, 0.1) is 6.92 Å². The van der Waals surface area contributed by atoms with E-state index in [1.165, 1.54) is 0 Å². The lowest BCUT2D eigenvalue weighted by molar-refractivity contribution is -0.116. The minimum absolute atomic E-state index is 0.178. The molecule has 3 aromatic carbocycles. The number of amides is 1. The number of aryl methyl sites for hydroxylation is 1. The summed E-state index contributed by atoms with van der Waals surface area (Å²) in [7, 11) is 0. The third-order valence-corrected chi connectivity index (χ3v) is 4.58. The standard InChI is InChI=1S/C24H22ClNO3/c1-17-7-5-10-20(15-17)29-14-6-11-23(27)26-22-13-12-19(25)16-21(22)24(28)18-8-3-2-4-9-18/h2-5,7-10,12-13,15-16H,6,11,14H2,1H3,(H,26,27). The summed E-state index contributed by atoms with van der Waals surface area (Å²) in [6, 6.07) is 21.6. The van der Waals surface area contributed by atoms with Crippen molar-refractivity contribution in [3.63, 3.8) is 0 Å². The number of nitrogens with one attached hydrogen (secondary N) is 1. The number of halogens is 1. The van der Waals surface area contributed by atoms with E-state index in [1.54, 1.807) is 42.5 Å². The number of carbonyl (C=O) groups is 2. The molecular weight excluding hydrogens is 386 g/mol. The lowest BCUT2D eigenvalue weighted by Gasteiger charge is -2.12. The molecule has 0 fully saturated rings. The highest BCUT2D eigenvalue weighted by molar-refractivity contribution is 6.31. The lowest BCUT2D eigenvalue weighted by Crippen LogP contribution is -2.16. The van der Waals surface area contributed by atoms with Crippen LogP contribution in [0.2, 0.25) is 5.02 Å². The maximum absolute atomic E-state index is 12.8. The van der Waals surface area contributed by atoms with Gasteiger partial charge in [-0.1, -0.05) is 54.1 Å². The second kappa shape index (κ2) is 9.89. The van der Waals surface area contributed by atoms with Gasteiger partial charge in [0.25, 0.3) is 0 Å². The van der Waals surface area contributed by atoms with E-state index in [9.17, 15) is 9.59 Å². The van der Waals surface area contributed by atoms with Crippen molar-refractivity contribution in [3.05, 3.63) is 94.5 Å². The van der Waals surface area contributed by atoms with Crippen molar-refractivity contribution < 1.29 is 14.3 Å². The van der Waals surface area contributed by atoms with Gasteiger partial charge in [0.2, 0.25) is 5.91 Å². The highest BCUT2D eigenvalue weighted by Crippen LogP contribution is 2.24. The largest absolute Gasteiger partial charge is 0.494 e. The van der Waals surface area contributed by atoms with Crippen LogP contribution < -0.4 is 10.1 Å². The Morgan fingerprint density at radius 3 is 2.52 bits per heavy atom. The first-order valence-corrected chi connectivity index (χ1v) is 9.79. The summed E-state index contributed by atoms with van der Waals surface area (Å²) in [5.41, 5.74) is 2.48. The van der Waals surface area contributed by atoms with Gasteiger partial charge in [-0.2, -0.15) is 0 Å². The number of hydrogen-bond acceptors (Lipinski definition) is 3. The Hall–Kier alpha value is -3.11. The summed E-state index contributed by atoms with van der Waals surface area (Å²) in [5.74, 6) is 0.423.